The molecule has 0 spiro atoms. The maximum atomic E-state index is 8.76. The van der Waals surface area contributed by atoms with Gasteiger partial charge in [-0.3, -0.25) is 4.98 Å². The summed E-state index contributed by atoms with van der Waals surface area (Å²) in [5.74, 6) is 0.620. The lowest BCUT2D eigenvalue weighted by molar-refractivity contribution is 0.119. The van der Waals surface area contributed by atoms with E-state index in [2.05, 4.69) is 11.1 Å². The number of aromatic nitrogens is 1. The van der Waals surface area contributed by atoms with Crippen LogP contribution in [0, 0.1) is 11.3 Å². The minimum absolute atomic E-state index is 0.302. The Morgan fingerprint density at radius 2 is 2.38 bits per heavy atom. The van der Waals surface area contributed by atoms with Gasteiger partial charge >= 0.3 is 0 Å². The molecule has 0 aliphatic heterocycles. The van der Waals surface area contributed by atoms with Crippen molar-refractivity contribution in [3.05, 3.63) is 24.0 Å². The van der Waals surface area contributed by atoms with Crippen molar-refractivity contribution in [2.24, 2.45) is 0 Å². The number of nitrogens with zero attached hydrogens (tertiary/aromatic N) is 2. The number of hydrogen-bond acceptors (Lipinski definition) is 3. The first kappa shape index (κ1) is 8.06. The molecule has 3 nitrogen and oxygen atoms in total. The Hall–Kier alpha value is -1.56. The van der Waals surface area contributed by atoms with E-state index in [1.165, 1.54) is 6.42 Å². The second-order valence-electron chi connectivity index (χ2n) is 3.15. The van der Waals surface area contributed by atoms with E-state index in [0.717, 1.165) is 12.8 Å². The number of hydrogen-bond donors (Lipinski definition) is 0. The molecule has 0 bridgehead atoms. The van der Waals surface area contributed by atoms with Crippen LogP contribution in [0.15, 0.2) is 18.5 Å². The van der Waals surface area contributed by atoms with Crippen LogP contribution in [0.25, 0.3) is 0 Å². The molecule has 0 amide bonds. The van der Waals surface area contributed by atoms with Crippen molar-refractivity contribution in [2.45, 2.75) is 25.4 Å². The first-order valence-corrected chi connectivity index (χ1v) is 4.41. The van der Waals surface area contributed by atoms with Crippen molar-refractivity contribution < 1.29 is 4.74 Å². The highest BCUT2D eigenvalue weighted by molar-refractivity contribution is 5.40. The van der Waals surface area contributed by atoms with Crippen LogP contribution >= 0.6 is 0 Å². The van der Waals surface area contributed by atoms with Crippen molar-refractivity contribution in [3.63, 3.8) is 0 Å². The highest BCUT2D eigenvalue weighted by Gasteiger charge is 2.20. The van der Waals surface area contributed by atoms with Crippen LogP contribution in [0.4, 0.5) is 0 Å². The Bertz CT molecular complexity index is 339. The zero-order valence-corrected chi connectivity index (χ0v) is 7.23. The van der Waals surface area contributed by atoms with Gasteiger partial charge in [-0.1, -0.05) is 0 Å². The fourth-order valence-corrected chi connectivity index (χ4v) is 1.23. The molecular formula is C10H10N2O. The zero-order valence-electron chi connectivity index (χ0n) is 7.23. The van der Waals surface area contributed by atoms with E-state index >= 15 is 0 Å². The Labute approximate surface area is 77.0 Å². The monoisotopic (exact) mass is 174 g/mol. The third kappa shape index (κ3) is 1.62. The molecule has 3 heteroatoms. The third-order valence-corrected chi connectivity index (χ3v) is 2.25. The van der Waals surface area contributed by atoms with Crippen LogP contribution in [0.3, 0.4) is 0 Å². The van der Waals surface area contributed by atoms with Crippen LogP contribution in [0.5, 0.6) is 5.75 Å². The maximum absolute atomic E-state index is 8.76. The Kier molecular flexibility index (Phi) is 2.13. The van der Waals surface area contributed by atoms with E-state index in [9.17, 15) is 0 Å². The van der Waals surface area contributed by atoms with Crippen LogP contribution in [0.2, 0.25) is 0 Å². The first-order valence-electron chi connectivity index (χ1n) is 4.41. The predicted molar refractivity (Wildman–Crippen MR) is 47.2 cm³/mol. The number of ether oxygens (including phenoxy) is 1. The van der Waals surface area contributed by atoms with Gasteiger partial charge in [-0.25, -0.2) is 0 Å². The van der Waals surface area contributed by atoms with Crippen molar-refractivity contribution in [2.75, 3.05) is 0 Å². The summed E-state index contributed by atoms with van der Waals surface area (Å²) in [6, 6.07) is 3.76. The maximum Gasteiger partial charge on any atom is 0.155 e. The zero-order chi connectivity index (χ0) is 9.10. The summed E-state index contributed by atoms with van der Waals surface area (Å²) in [5, 5.41) is 8.76. The van der Waals surface area contributed by atoms with E-state index in [0.29, 0.717) is 17.4 Å². The Morgan fingerprint density at radius 1 is 1.54 bits per heavy atom. The van der Waals surface area contributed by atoms with E-state index in [1.54, 1.807) is 18.5 Å². The van der Waals surface area contributed by atoms with Gasteiger partial charge in [0.25, 0.3) is 0 Å². The molecule has 1 saturated carbocycles. The van der Waals surface area contributed by atoms with Gasteiger partial charge in [-0.2, -0.15) is 5.26 Å². The van der Waals surface area contributed by atoms with Crippen molar-refractivity contribution in [1.29, 1.82) is 5.26 Å². The van der Waals surface area contributed by atoms with Gasteiger partial charge in [0.15, 0.2) is 5.75 Å². The minimum atomic E-state index is 0.302. The van der Waals surface area contributed by atoms with Gasteiger partial charge in [-0.15, -0.1) is 0 Å². The average molecular weight is 174 g/mol. The van der Waals surface area contributed by atoms with Gasteiger partial charge < -0.3 is 4.74 Å². The number of nitriles is 1. The summed E-state index contributed by atoms with van der Waals surface area (Å²) in [6.45, 7) is 0. The van der Waals surface area contributed by atoms with Gasteiger partial charge in [0, 0.05) is 6.20 Å². The Balaban J connectivity index is 2.14. The predicted octanol–water partition coefficient (Wildman–Crippen LogP) is 1.88. The quantitative estimate of drug-likeness (QED) is 0.687. The number of rotatable bonds is 2. The van der Waals surface area contributed by atoms with Crippen LogP contribution in [-0.2, 0) is 0 Å². The summed E-state index contributed by atoms with van der Waals surface area (Å²) in [4.78, 5) is 3.93. The normalized spacial score (nSPS) is 15.9. The molecule has 2 rings (SSSR count). The molecule has 13 heavy (non-hydrogen) atoms. The first-order chi connectivity index (χ1) is 6.40. The summed E-state index contributed by atoms with van der Waals surface area (Å²) in [5.41, 5.74) is 0.571. The fourth-order valence-electron chi connectivity index (χ4n) is 1.23. The third-order valence-electron chi connectivity index (χ3n) is 2.25. The standard InChI is InChI=1S/C10H10N2O/c11-6-8-4-5-12-7-10(8)13-9-2-1-3-9/h4-5,7,9H,1-3H2. The molecule has 0 atom stereocenters. The summed E-state index contributed by atoms with van der Waals surface area (Å²) in [7, 11) is 0. The molecule has 0 unspecified atom stereocenters. The Morgan fingerprint density at radius 3 is 3.00 bits per heavy atom. The van der Waals surface area contributed by atoms with Crippen molar-refractivity contribution >= 4 is 0 Å². The molecular weight excluding hydrogens is 164 g/mol. The van der Waals surface area contributed by atoms with Crippen molar-refractivity contribution in [3.8, 4) is 11.8 Å². The second-order valence-corrected chi connectivity index (χ2v) is 3.15. The van der Waals surface area contributed by atoms with Gasteiger partial charge in [0.2, 0.25) is 0 Å². The fraction of sp³-hybridized carbons (Fsp3) is 0.400. The molecule has 1 aromatic rings. The lowest BCUT2D eigenvalue weighted by Gasteiger charge is -2.26. The number of pyridine rings is 1. The van der Waals surface area contributed by atoms with E-state index in [-0.39, 0.29) is 0 Å². The molecule has 66 valence electrons. The SMILES string of the molecule is N#Cc1ccncc1OC1CCC1. The molecule has 1 aromatic heterocycles. The van der Waals surface area contributed by atoms with Gasteiger partial charge in [0.05, 0.1) is 17.9 Å². The molecule has 1 fully saturated rings. The topological polar surface area (TPSA) is 45.9 Å². The average Bonchev–Trinajstić information content (AvgIpc) is 2.12. The summed E-state index contributed by atoms with van der Waals surface area (Å²) < 4.78 is 5.59. The van der Waals surface area contributed by atoms with Gasteiger partial charge in [0.1, 0.15) is 6.07 Å². The van der Waals surface area contributed by atoms with Crippen LogP contribution < -0.4 is 4.74 Å². The lowest BCUT2D eigenvalue weighted by atomic mass is 9.96. The van der Waals surface area contributed by atoms with E-state index < -0.39 is 0 Å². The molecule has 0 aromatic carbocycles. The molecule has 0 N–H and O–H groups in total. The van der Waals surface area contributed by atoms with E-state index in [1.807, 2.05) is 0 Å². The van der Waals surface area contributed by atoms with Crippen LogP contribution in [-0.4, -0.2) is 11.1 Å². The molecule has 0 radical (unpaired) electrons. The van der Waals surface area contributed by atoms with E-state index in [4.69, 9.17) is 10.00 Å². The lowest BCUT2D eigenvalue weighted by Crippen LogP contribution is -2.24. The highest BCUT2D eigenvalue weighted by atomic mass is 16.5. The minimum Gasteiger partial charge on any atom is -0.487 e. The molecule has 1 aliphatic carbocycles. The second kappa shape index (κ2) is 3.44. The summed E-state index contributed by atoms with van der Waals surface area (Å²) >= 11 is 0. The smallest absolute Gasteiger partial charge is 0.155 e. The molecule has 1 aliphatic rings. The van der Waals surface area contributed by atoms with Crippen molar-refractivity contribution in [1.82, 2.24) is 4.98 Å². The largest absolute Gasteiger partial charge is 0.487 e. The van der Waals surface area contributed by atoms with Crippen LogP contribution in [0.1, 0.15) is 24.8 Å². The highest BCUT2D eigenvalue weighted by Crippen LogP contribution is 2.26. The molecule has 1 heterocycles. The molecule has 0 saturated heterocycles. The van der Waals surface area contributed by atoms with Gasteiger partial charge in [-0.05, 0) is 25.3 Å². The summed E-state index contributed by atoms with van der Waals surface area (Å²) in [6.07, 6.45) is 6.94.